The number of unbranched alkanes of at least 4 members (excludes halogenated alkanes) is 18. The van der Waals surface area contributed by atoms with E-state index in [4.69, 9.17) is 14.8 Å². The molecule has 0 aliphatic carbocycles. The van der Waals surface area contributed by atoms with Gasteiger partial charge in [-0.25, -0.2) is 4.57 Å². The van der Waals surface area contributed by atoms with Crippen LogP contribution in [0.25, 0.3) is 0 Å². The number of amides is 1. The molecule has 48 heavy (non-hydrogen) atoms. The van der Waals surface area contributed by atoms with E-state index in [1.807, 2.05) is 0 Å². The average Bonchev–Trinajstić information content (AvgIpc) is 3.07. The minimum absolute atomic E-state index is 0.0852. The summed E-state index contributed by atoms with van der Waals surface area (Å²) in [5, 5.41) is 13.7. The summed E-state index contributed by atoms with van der Waals surface area (Å²) >= 11 is 0. The molecule has 0 aromatic rings. The van der Waals surface area contributed by atoms with Crippen LogP contribution in [0.1, 0.15) is 174 Å². The highest BCUT2D eigenvalue weighted by molar-refractivity contribution is 7.47. The predicted octanol–water partition coefficient (Wildman–Crippen LogP) is 10.4. The number of carbonyl (C=O) groups is 1. The molecule has 0 saturated heterocycles. The van der Waals surface area contributed by atoms with Gasteiger partial charge in [0.1, 0.15) is 0 Å². The summed E-state index contributed by atoms with van der Waals surface area (Å²) in [4.78, 5) is 22.6. The molecule has 0 saturated carbocycles. The molecule has 1 amide bonds. The summed E-state index contributed by atoms with van der Waals surface area (Å²) in [6, 6.07) is -0.778. The highest BCUT2D eigenvalue weighted by atomic mass is 31.2. The Kier molecular flexibility index (Phi) is 34.6. The number of nitrogens with two attached hydrogens (primary N) is 1. The molecule has 0 radical (unpaired) electrons. The first-order valence-corrected chi connectivity index (χ1v) is 21.1. The molecular formula is C39H75N2O6P. The van der Waals surface area contributed by atoms with Crippen molar-refractivity contribution < 1.29 is 28.4 Å². The highest BCUT2D eigenvalue weighted by Crippen LogP contribution is 2.43. The van der Waals surface area contributed by atoms with Gasteiger partial charge < -0.3 is 21.1 Å². The van der Waals surface area contributed by atoms with E-state index in [9.17, 15) is 19.4 Å². The summed E-state index contributed by atoms with van der Waals surface area (Å²) in [6.07, 6.45) is 40.2. The minimum atomic E-state index is -4.31. The number of hydrogen-bond acceptors (Lipinski definition) is 6. The van der Waals surface area contributed by atoms with E-state index in [1.54, 1.807) is 0 Å². The second-order valence-electron chi connectivity index (χ2n) is 13.1. The molecule has 0 aliphatic rings. The molecule has 9 heteroatoms. The molecule has 0 aromatic carbocycles. The number of rotatable bonds is 36. The van der Waals surface area contributed by atoms with Crippen molar-refractivity contribution in [2.24, 2.45) is 5.73 Å². The Bertz CT molecular complexity index is 850. The van der Waals surface area contributed by atoms with Gasteiger partial charge in [-0.15, -0.1) is 0 Å². The van der Waals surface area contributed by atoms with Crippen molar-refractivity contribution in [3.05, 3.63) is 36.5 Å². The SMILES string of the molecule is CCCCCCC/C=C\C/C=C\C/C=C\CCCCCCCCC(=O)NC(COP(=O)(O)OCCN)C(O)CCCCCCCCCC. The first-order valence-electron chi connectivity index (χ1n) is 19.6. The van der Waals surface area contributed by atoms with Crippen LogP contribution in [-0.2, 0) is 18.4 Å². The first-order chi connectivity index (χ1) is 23.4. The van der Waals surface area contributed by atoms with Gasteiger partial charge in [0, 0.05) is 13.0 Å². The van der Waals surface area contributed by atoms with E-state index in [1.165, 1.54) is 83.5 Å². The lowest BCUT2D eigenvalue weighted by atomic mass is 10.0. The highest BCUT2D eigenvalue weighted by Gasteiger charge is 2.27. The van der Waals surface area contributed by atoms with E-state index in [-0.39, 0.29) is 25.7 Å². The molecule has 5 N–H and O–H groups in total. The molecular weight excluding hydrogens is 623 g/mol. The lowest BCUT2D eigenvalue weighted by Gasteiger charge is -2.25. The van der Waals surface area contributed by atoms with Crippen LogP contribution in [0.5, 0.6) is 0 Å². The Morgan fingerprint density at radius 1 is 0.688 bits per heavy atom. The van der Waals surface area contributed by atoms with Crippen molar-refractivity contribution in [2.75, 3.05) is 19.8 Å². The van der Waals surface area contributed by atoms with Crippen LogP contribution in [0.2, 0.25) is 0 Å². The molecule has 0 aliphatic heterocycles. The van der Waals surface area contributed by atoms with Crippen LogP contribution in [0.4, 0.5) is 0 Å². The summed E-state index contributed by atoms with van der Waals surface area (Å²) in [7, 11) is -4.31. The molecule has 0 heterocycles. The fourth-order valence-electron chi connectivity index (χ4n) is 5.49. The topological polar surface area (TPSA) is 131 Å². The van der Waals surface area contributed by atoms with Gasteiger partial charge in [0.2, 0.25) is 5.91 Å². The van der Waals surface area contributed by atoms with Gasteiger partial charge in [-0.1, -0.05) is 153 Å². The average molecular weight is 699 g/mol. The summed E-state index contributed by atoms with van der Waals surface area (Å²) < 4.78 is 22.0. The van der Waals surface area contributed by atoms with Crippen LogP contribution in [0, 0.1) is 0 Å². The zero-order valence-electron chi connectivity index (χ0n) is 31.0. The van der Waals surface area contributed by atoms with Crippen molar-refractivity contribution in [1.29, 1.82) is 0 Å². The lowest BCUT2D eigenvalue weighted by molar-refractivity contribution is -0.123. The molecule has 0 fully saturated rings. The number of aliphatic hydroxyl groups is 1. The third-order valence-electron chi connectivity index (χ3n) is 8.50. The summed E-state index contributed by atoms with van der Waals surface area (Å²) in [5.74, 6) is -0.178. The Labute approximate surface area is 295 Å². The van der Waals surface area contributed by atoms with Crippen molar-refractivity contribution in [3.63, 3.8) is 0 Å². The molecule has 3 unspecified atom stereocenters. The number of nitrogens with one attached hydrogen (secondary N) is 1. The van der Waals surface area contributed by atoms with Crippen LogP contribution in [-0.4, -0.2) is 47.8 Å². The molecule has 0 rings (SSSR count). The van der Waals surface area contributed by atoms with Crippen molar-refractivity contribution >= 4 is 13.7 Å². The quantitative estimate of drug-likeness (QED) is 0.0291. The van der Waals surface area contributed by atoms with Crippen molar-refractivity contribution in [3.8, 4) is 0 Å². The van der Waals surface area contributed by atoms with E-state index >= 15 is 0 Å². The van der Waals surface area contributed by atoms with Gasteiger partial charge in [0.15, 0.2) is 0 Å². The maximum atomic E-state index is 12.7. The predicted molar refractivity (Wildman–Crippen MR) is 203 cm³/mol. The van der Waals surface area contributed by atoms with Gasteiger partial charge in [-0.05, 0) is 51.4 Å². The maximum absolute atomic E-state index is 12.7. The zero-order valence-corrected chi connectivity index (χ0v) is 31.9. The summed E-state index contributed by atoms with van der Waals surface area (Å²) in [5.41, 5.74) is 5.35. The number of phosphoric ester groups is 1. The van der Waals surface area contributed by atoms with Gasteiger partial charge in [0.25, 0.3) is 0 Å². The van der Waals surface area contributed by atoms with E-state index < -0.39 is 20.0 Å². The Balaban J connectivity index is 4.14. The standard InChI is InChI=1S/C39H75N2O6P/c1-3-5-7-9-11-13-14-15-16-17-18-19-20-21-22-23-24-25-27-29-31-33-39(43)41-37(36-47-48(44,45)46-35-34-40)38(42)32-30-28-26-12-10-8-6-4-2/h14-15,17-18,20-21,37-38,42H,3-13,16,19,22-36,40H2,1-2H3,(H,41,43)(H,44,45)/b15-14-,18-17-,21-20-. The normalized spacial score (nSPS) is 14.7. The van der Waals surface area contributed by atoms with E-state index in [2.05, 4.69) is 55.6 Å². The first kappa shape index (κ1) is 46.7. The van der Waals surface area contributed by atoms with Gasteiger partial charge >= 0.3 is 7.82 Å². The van der Waals surface area contributed by atoms with Crippen LogP contribution >= 0.6 is 7.82 Å². The summed E-state index contributed by atoms with van der Waals surface area (Å²) in [6.45, 7) is 4.13. The third kappa shape index (κ3) is 33.2. The monoisotopic (exact) mass is 699 g/mol. The molecule has 282 valence electrons. The smallest absolute Gasteiger partial charge is 0.391 e. The number of allylic oxidation sites excluding steroid dienone is 6. The number of phosphoric acid groups is 1. The number of carbonyl (C=O) groups excluding carboxylic acids is 1. The fourth-order valence-corrected chi connectivity index (χ4v) is 6.25. The van der Waals surface area contributed by atoms with Gasteiger partial charge in [-0.3, -0.25) is 13.8 Å². The Hall–Kier alpha value is -1.28. The molecule has 0 aromatic heterocycles. The van der Waals surface area contributed by atoms with Crippen LogP contribution < -0.4 is 11.1 Å². The Morgan fingerprint density at radius 3 is 1.67 bits per heavy atom. The van der Waals surface area contributed by atoms with E-state index in [0.29, 0.717) is 12.8 Å². The molecule has 0 spiro atoms. The second-order valence-corrected chi connectivity index (χ2v) is 14.6. The maximum Gasteiger partial charge on any atom is 0.472 e. The number of aliphatic hydroxyl groups excluding tert-OH is 1. The number of hydrogen-bond donors (Lipinski definition) is 4. The Morgan fingerprint density at radius 2 is 1.15 bits per heavy atom. The van der Waals surface area contributed by atoms with Gasteiger partial charge in [0.05, 0.1) is 25.4 Å². The van der Waals surface area contributed by atoms with Crippen molar-refractivity contribution in [2.45, 2.75) is 187 Å². The molecule has 3 atom stereocenters. The van der Waals surface area contributed by atoms with Crippen LogP contribution in [0.3, 0.4) is 0 Å². The van der Waals surface area contributed by atoms with Crippen molar-refractivity contribution in [1.82, 2.24) is 5.32 Å². The lowest BCUT2D eigenvalue weighted by Crippen LogP contribution is -2.46. The molecule has 8 nitrogen and oxygen atoms in total. The van der Waals surface area contributed by atoms with E-state index in [0.717, 1.165) is 64.2 Å². The fraction of sp³-hybridized carbons (Fsp3) is 0.821. The zero-order chi connectivity index (χ0) is 35.4. The second kappa shape index (κ2) is 35.5. The molecule has 0 bridgehead atoms. The van der Waals surface area contributed by atoms with Gasteiger partial charge in [-0.2, -0.15) is 0 Å². The minimum Gasteiger partial charge on any atom is -0.391 e. The third-order valence-corrected chi connectivity index (χ3v) is 9.48. The van der Waals surface area contributed by atoms with Crippen LogP contribution in [0.15, 0.2) is 36.5 Å². The largest absolute Gasteiger partial charge is 0.472 e.